The van der Waals surface area contributed by atoms with Gasteiger partial charge in [0.05, 0.1) is 17.1 Å². The number of ether oxygens (including phenoxy) is 1. The number of nitrogens with two attached hydrogens (primary N) is 1. The van der Waals surface area contributed by atoms with Gasteiger partial charge in [0.1, 0.15) is 17.7 Å². The van der Waals surface area contributed by atoms with E-state index in [1.807, 2.05) is 13.8 Å². The van der Waals surface area contributed by atoms with Crippen molar-refractivity contribution in [1.82, 2.24) is 9.97 Å². The van der Waals surface area contributed by atoms with Gasteiger partial charge in [-0.25, -0.2) is 9.37 Å². The molecular weight excluding hydrogens is 257 g/mol. The Labute approximate surface area is 116 Å². The number of halogens is 1. The minimum absolute atomic E-state index is 0.168. The van der Waals surface area contributed by atoms with Crippen LogP contribution in [0.25, 0.3) is 11.3 Å². The van der Waals surface area contributed by atoms with Crippen molar-refractivity contribution in [3.63, 3.8) is 0 Å². The Kier molecular flexibility index (Phi) is 3.14. The third-order valence-corrected chi connectivity index (χ3v) is 3.51. The minimum Gasteiger partial charge on any atom is -0.488 e. The third-order valence-electron chi connectivity index (χ3n) is 3.51. The molecule has 0 radical (unpaired) electrons. The van der Waals surface area contributed by atoms with Crippen molar-refractivity contribution in [2.75, 3.05) is 6.54 Å². The number of nitrogens with zero attached hydrogens (tertiary/aromatic N) is 2. The maximum atomic E-state index is 13.9. The molecule has 0 aliphatic carbocycles. The molecule has 1 aromatic heterocycles. The second-order valence-corrected chi connectivity index (χ2v) is 5.03. The summed E-state index contributed by atoms with van der Waals surface area (Å²) >= 11 is 0. The van der Waals surface area contributed by atoms with Crippen LogP contribution in [0.4, 0.5) is 4.39 Å². The molecule has 5 heteroatoms. The number of hydrogen-bond donors (Lipinski definition) is 1. The molecule has 20 heavy (non-hydrogen) atoms. The quantitative estimate of drug-likeness (QED) is 0.911. The van der Waals surface area contributed by atoms with Crippen molar-refractivity contribution in [3.8, 4) is 17.0 Å². The van der Waals surface area contributed by atoms with Crippen LogP contribution in [0.5, 0.6) is 5.75 Å². The molecule has 4 nitrogen and oxygen atoms in total. The van der Waals surface area contributed by atoms with Crippen LogP contribution in [0, 0.1) is 19.7 Å². The lowest BCUT2D eigenvalue weighted by molar-refractivity contribution is 0.242. The zero-order valence-electron chi connectivity index (χ0n) is 11.5. The van der Waals surface area contributed by atoms with Gasteiger partial charge in [0, 0.05) is 30.3 Å². The molecule has 2 aromatic rings. The highest BCUT2D eigenvalue weighted by Crippen LogP contribution is 2.40. The first kappa shape index (κ1) is 13.0. The van der Waals surface area contributed by atoms with Gasteiger partial charge in [0.2, 0.25) is 0 Å². The monoisotopic (exact) mass is 273 g/mol. The predicted octanol–water partition coefficient (Wildman–Crippen LogP) is 2.16. The number of hydrogen-bond acceptors (Lipinski definition) is 4. The van der Waals surface area contributed by atoms with Crippen molar-refractivity contribution < 1.29 is 9.13 Å². The molecule has 104 valence electrons. The number of aryl methyl sites for hydroxylation is 2. The van der Waals surface area contributed by atoms with Crippen LogP contribution < -0.4 is 10.5 Å². The van der Waals surface area contributed by atoms with E-state index in [0.717, 1.165) is 22.6 Å². The Morgan fingerprint density at radius 3 is 2.95 bits per heavy atom. The Bertz CT molecular complexity index is 672. The number of rotatable bonds is 2. The minimum atomic E-state index is -0.252. The van der Waals surface area contributed by atoms with Crippen LogP contribution in [0.15, 0.2) is 18.3 Å². The van der Waals surface area contributed by atoms with E-state index in [9.17, 15) is 4.39 Å². The lowest BCUT2D eigenvalue weighted by Gasteiger charge is -2.12. The van der Waals surface area contributed by atoms with Crippen LogP contribution in [0.1, 0.15) is 17.0 Å². The first-order valence-corrected chi connectivity index (χ1v) is 6.59. The molecule has 0 saturated heterocycles. The highest BCUT2D eigenvalue weighted by Gasteiger charge is 2.28. The van der Waals surface area contributed by atoms with Crippen LogP contribution in [-0.2, 0) is 6.42 Å². The van der Waals surface area contributed by atoms with Crippen molar-refractivity contribution in [1.29, 1.82) is 0 Å². The fourth-order valence-electron chi connectivity index (χ4n) is 2.48. The molecule has 2 heterocycles. The summed E-state index contributed by atoms with van der Waals surface area (Å²) in [6.45, 7) is 4.13. The normalized spacial score (nSPS) is 16.9. The molecule has 2 N–H and O–H groups in total. The second kappa shape index (κ2) is 4.83. The molecule has 3 rings (SSSR count). The van der Waals surface area contributed by atoms with Crippen LogP contribution in [-0.4, -0.2) is 22.6 Å². The SMILES string of the molecule is Cc1cnc(C)c(-c2ccc(F)c3c2O[C@@H](CN)C3)n1. The van der Waals surface area contributed by atoms with Crippen LogP contribution in [0.3, 0.4) is 0 Å². The number of benzene rings is 1. The van der Waals surface area contributed by atoms with Gasteiger partial charge in [-0.05, 0) is 26.0 Å². The summed E-state index contributed by atoms with van der Waals surface area (Å²) in [4.78, 5) is 8.81. The molecule has 1 aliphatic heterocycles. The van der Waals surface area contributed by atoms with Crippen molar-refractivity contribution in [2.24, 2.45) is 5.73 Å². The van der Waals surface area contributed by atoms with Crippen molar-refractivity contribution in [3.05, 3.63) is 41.1 Å². The maximum Gasteiger partial charge on any atom is 0.135 e. The molecule has 1 atom stereocenters. The molecule has 1 aromatic carbocycles. The summed E-state index contributed by atoms with van der Waals surface area (Å²) in [6, 6.07) is 3.16. The zero-order valence-corrected chi connectivity index (χ0v) is 11.5. The second-order valence-electron chi connectivity index (χ2n) is 5.03. The van der Waals surface area contributed by atoms with Crippen molar-refractivity contribution in [2.45, 2.75) is 26.4 Å². The van der Waals surface area contributed by atoms with E-state index in [0.29, 0.717) is 24.3 Å². The van der Waals surface area contributed by atoms with Crippen LogP contribution in [0.2, 0.25) is 0 Å². The summed E-state index contributed by atoms with van der Waals surface area (Å²) in [5.41, 5.74) is 9.35. The maximum absolute atomic E-state index is 13.9. The van der Waals surface area contributed by atoms with E-state index in [2.05, 4.69) is 9.97 Å². The van der Waals surface area contributed by atoms with E-state index in [1.54, 1.807) is 12.3 Å². The Hall–Kier alpha value is -2.01. The molecule has 0 saturated carbocycles. The number of fused-ring (bicyclic) bond motifs is 1. The van der Waals surface area contributed by atoms with Gasteiger partial charge in [-0.2, -0.15) is 0 Å². The fourth-order valence-corrected chi connectivity index (χ4v) is 2.48. The third kappa shape index (κ3) is 2.04. The summed E-state index contributed by atoms with van der Waals surface area (Å²) in [5.74, 6) is 0.307. The molecule has 1 aliphatic rings. The molecule has 0 fully saturated rings. The van der Waals surface area contributed by atoms with Gasteiger partial charge in [-0.15, -0.1) is 0 Å². The van der Waals surface area contributed by atoms with E-state index >= 15 is 0 Å². The van der Waals surface area contributed by atoms with Gasteiger partial charge in [-0.3, -0.25) is 4.98 Å². The Balaban J connectivity index is 2.17. The average molecular weight is 273 g/mol. The summed E-state index contributed by atoms with van der Waals surface area (Å²) in [7, 11) is 0. The van der Waals surface area contributed by atoms with Crippen molar-refractivity contribution >= 4 is 0 Å². The highest BCUT2D eigenvalue weighted by atomic mass is 19.1. The molecule has 0 spiro atoms. The van der Waals surface area contributed by atoms with Crippen LogP contribution >= 0.6 is 0 Å². The first-order chi connectivity index (χ1) is 9.60. The zero-order chi connectivity index (χ0) is 14.3. The van der Waals surface area contributed by atoms with Gasteiger partial charge < -0.3 is 10.5 Å². The Morgan fingerprint density at radius 2 is 2.20 bits per heavy atom. The fraction of sp³-hybridized carbons (Fsp3) is 0.333. The summed E-state index contributed by atoms with van der Waals surface area (Å²) in [6.07, 6.45) is 2.05. The van der Waals surface area contributed by atoms with E-state index < -0.39 is 0 Å². The predicted molar refractivity (Wildman–Crippen MR) is 74.1 cm³/mol. The standard InChI is InChI=1S/C15H16FN3O/c1-8-7-18-9(2)14(19-8)11-3-4-13(16)12-5-10(6-17)20-15(11)12/h3-4,7,10H,5-6,17H2,1-2H3/t10-/m1/s1. The number of aromatic nitrogens is 2. The van der Waals surface area contributed by atoms with E-state index in [4.69, 9.17) is 10.5 Å². The van der Waals surface area contributed by atoms with E-state index in [-0.39, 0.29) is 11.9 Å². The van der Waals surface area contributed by atoms with Gasteiger partial charge in [0.25, 0.3) is 0 Å². The largest absolute Gasteiger partial charge is 0.488 e. The molecule has 0 amide bonds. The van der Waals surface area contributed by atoms with Gasteiger partial charge in [-0.1, -0.05) is 0 Å². The van der Waals surface area contributed by atoms with Gasteiger partial charge >= 0.3 is 0 Å². The molecule has 0 bridgehead atoms. The molecular formula is C15H16FN3O. The summed E-state index contributed by atoms with van der Waals surface area (Å²) < 4.78 is 19.7. The van der Waals surface area contributed by atoms with E-state index in [1.165, 1.54) is 6.07 Å². The Morgan fingerprint density at radius 1 is 1.40 bits per heavy atom. The lowest BCUT2D eigenvalue weighted by Crippen LogP contribution is -2.24. The highest BCUT2D eigenvalue weighted by molar-refractivity contribution is 5.72. The molecule has 0 unspecified atom stereocenters. The summed E-state index contributed by atoms with van der Waals surface area (Å²) in [5, 5.41) is 0. The lowest BCUT2D eigenvalue weighted by atomic mass is 10.0. The first-order valence-electron chi connectivity index (χ1n) is 6.59. The van der Waals surface area contributed by atoms with Gasteiger partial charge in [0.15, 0.2) is 0 Å². The topological polar surface area (TPSA) is 61.0 Å². The average Bonchev–Trinajstić information content (AvgIpc) is 2.87. The smallest absolute Gasteiger partial charge is 0.135 e.